The number of amides is 1. The lowest BCUT2D eigenvalue weighted by molar-refractivity contribution is 0.0986. The van der Waals surface area contributed by atoms with Gasteiger partial charge in [0.15, 0.2) is 5.13 Å². The SMILES string of the molecule is O=C(c1ccc(Cl)cc1)N(CCn1cccn1)c1nc2c(Cl)cccc2s1. The summed E-state index contributed by atoms with van der Waals surface area (Å²) in [4.78, 5) is 19.4. The summed E-state index contributed by atoms with van der Waals surface area (Å²) in [5.74, 6) is -0.144. The Bertz CT molecular complexity index is 1080. The third-order valence-corrected chi connectivity index (χ3v) is 5.64. The van der Waals surface area contributed by atoms with Crippen molar-refractivity contribution < 1.29 is 4.79 Å². The molecule has 8 heteroatoms. The summed E-state index contributed by atoms with van der Waals surface area (Å²) in [6.07, 6.45) is 3.57. The van der Waals surface area contributed by atoms with E-state index in [4.69, 9.17) is 23.2 Å². The molecule has 5 nitrogen and oxygen atoms in total. The zero-order chi connectivity index (χ0) is 18.8. The second-order valence-corrected chi connectivity index (χ2v) is 7.67. The van der Waals surface area contributed by atoms with Gasteiger partial charge in [0, 0.05) is 29.5 Å². The lowest BCUT2D eigenvalue weighted by Gasteiger charge is -2.20. The molecule has 0 N–H and O–H groups in total. The summed E-state index contributed by atoms with van der Waals surface area (Å²) < 4.78 is 2.72. The van der Waals surface area contributed by atoms with Crippen LogP contribution < -0.4 is 4.90 Å². The smallest absolute Gasteiger partial charge is 0.260 e. The largest absolute Gasteiger partial charge is 0.282 e. The number of anilines is 1. The van der Waals surface area contributed by atoms with Crippen LogP contribution in [0.15, 0.2) is 60.9 Å². The van der Waals surface area contributed by atoms with E-state index in [2.05, 4.69) is 10.1 Å². The topological polar surface area (TPSA) is 51.0 Å². The van der Waals surface area contributed by atoms with E-state index < -0.39 is 0 Å². The van der Waals surface area contributed by atoms with E-state index in [0.29, 0.717) is 39.3 Å². The zero-order valence-electron chi connectivity index (χ0n) is 14.0. The van der Waals surface area contributed by atoms with Crippen LogP contribution in [0.4, 0.5) is 5.13 Å². The summed E-state index contributed by atoms with van der Waals surface area (Å²) in [5.41, 5.74) is 1.25. The van der Waals surface area contributed by atoms with Crippen molar-refractivity contribution in [2.45, 2.75) is 6.54 Å². The first-order chi connectivity index (χ1) is 13.1. The first kappa shape index (κ1) is 18.0. The number of fused-ring (bicyclic) bond motifs is 1. The second-order valence-electron chi connectivity index (χ2n) is 5.82. The van der Waals surface area contributed by atoms with Gasteiger partial charge in [-0.25, -0.2) is 4.98 Å². The molecule has 0 aliphatic heterocycles. The van der Waals surface area contributed by atoms with Gasteiger partial charge in [0.2, 0.25) is 0 Å². The van der Waals surface area contributed by atoms with Crippen molar-refractivity contribution in [1.82, 2.24) is 14.8 Å². The minimum Gasteiger partial charge on any atom is -0.282 e. The molecule has 4 aromatic rings. The van der Waals surface area contributed by atoms with Crippen LogP contribution in [0.2, 0.25) is 10.0 Å². The molecule has 1 amide bonds. The van der Waals surface area contributed by atoms with E-state index in [0.717, 1.165) is 4.70 Å². The monoisotopic (exact) mass is 416 g/mol. The highest BCUT2D eigenvalue weighted by molar-refractivity contribution is 7.22. The summed E-state index contributed by atoms with van der Waals surface area (Å²) in [5, 5.41) is 5.96. The maximum Gasteiger partial charge on any atom is 0.260 e. The highest BCUT2D eigenvalue weighted by Crippen LogP contribution is 2.33. The predicted molar refractivity (Wildman–Crippen MR) is 110 cm³/mol. The molecule has 0 aliphatic rings. The van der Waals surface area contributed by atoms with E-state index in [9.17, 15) is 4.79 Å². The molecule has 0 saturated heterocycles. The van der Waals surface area contributed by atoms with E-state index >= 15 is 0 Å². The van der Waals surface area contributed by atoms with Crippen LogP contribution in [0, 0.1) is 0 Å². The molecule has 0 aliphatic carbocycles. The predicted octanol–water partition coefficient (Wildman–Crippen LogP) is 5.15. The van der Waals surface area contributed by atoms with Crippen molar-refractivity contribution >= 4 is 55.8 Å². The number of benzene rings is 2. The van der Waals surface area contributed by atoms with Gasteiger partial charge in [-0.2, -0.15) is 5.10 Å². The average molecular weight is 417 g/mol. The van der Waals surface area contributed by atoms with Crippen LogP contribution in [0.1, 0.15) is 10.4 Å². The molecule has 0 fully saturated rings. The Labute approximate surface area is 169 Å². The number of nitrogens with zero attached hydrogens (tertiary/aromatic N) is 4. The molecule has 0 radical (unpaired) electrons. The summed E-state index contributed by atoms with van der Waals surface area (Å²) in [6.45, 7) is 0.983. The normalized spacial score (nSPS) is 11.0. The van der Waals surface area contributed by atoms with Gasteiger partial charge < -0.3 is 0 Å². The van der Waals surface area contributed by atoms with Crippen molar-refractivity contribution in [3.05, 3.63) is 76.5 Å². The van der Waals surface area contributed by atoms with Crippen LogP contribution in [0.5, 0.6) is 0 Å². The summed E-state index contributed by atoms with van der Waals surface area (Å²) in [6, 6.07) is 14.3. The molecule has 0 unspecified atom stereocenters. The number of rotatable bonds is 5. The Morgan fingerprint density at radius 2 is 1.93 bits per heavy atom. The third kappa shape index (κ3) is 3.83. The maximum absolute atomic E-state index is 13.2. The fraction of sp³-hybridized carbons (Fsp3) is 0.105. The molecule has 2 aromatic carbocycles. The molecule has 0 bridgehead atoms. The van der Waals surface area contributed by atoms with Crippen LogP contribution >= 0.6 is 34.5 Å². The van der Waals surface area contributed by atoms with Gasteiger partial charge in [-0.05, 0) is 42.5 Å². The van der Waals surface area contributed by atoms with E-state index in [1.165, 1.54) is 11.3 Å². The van der Waals surface area contributed by atoms with Crippen molar-refractivity contribution in [2.75, 3.05) is 11.4 Å². The number of halogens is 2. The Kier molecular flexibility index (Phi) is 5.11. The molecular weight excluding hydrogens is 403 g/mol. The number of para-hydroxylation sites is 1. The van der Waals surface area contributed by atoms with Crippen molar-refractivity contribution in [3.63, 3.8) is 0 Å². The number of thiazole rings is 1. The van der Waals surface area contributed by atoms with Crippen molar-refractivity contribution in [3.8, 4) is 0 Å². The van der Waals surface area contributed by atoms with Crippen LogP contribution in [0.3, 0.4) is 0 Å². The van der Waals surface area contributed by atoms with E-state index in [1.54, 1.807) is 46.1 Å². The second kappa shape index (κ2) is 7.68. The van der Waals surface area contributed by atoms with Crippen molar-refractivity contribution in [2.24, 2.45) is 0 Å². The number of aromatic nitrogens is 3. The third-order valence-electron chi connectivity index (χ3n) is 4.04. The molecule has 0 spiro atoms. The number of hydrogen-bond acceptors (Lipinski definition) is 4. The Morgan fingerprint density at radius 3 is 2.63 bits per heavy atom. The van der Waals surface area contributed by atoms with E-state index in [1.807, 2.05) is 24.4 Å². The quantitative estimate of drug-likeness (QED) is 0.452. The minimum atomic E-state index is -0.144. The van der Waals surface area contributed by atoms with Crippen LogP contribution in [0.25, 0.3) is 10.2 Å². The Balaban J connectivity index is 1.70. The van der Waals surface area contributed by atoms with Crippen molar-refractivity contribution in [1.29, 1.82) is 0 Å². The number of carbonyl (C=O) groups is 1. The summed E-state index contributed by atoms with van der Waals surface area (Å²) in [7, 11) is 0. The Hall–Kier alpha value is -2.41. The minimum absolute atomic E-state index is 0.144. The maximum atomic E-state index is 13.2. The average Bonchev–Trinajstić information content (AvgIpc) is 3.33. The van der Waals surface area contributed by atoms with Crippen LogP contribution in [-0.2, 0) is 6.54 Å². The highest BCUT2D eigenvalue weighted by Gasteiger charge is 2.22. The zero-order valence-corrected chi connectivity index (χ0v) is 16.4. The number of carbonyl (C=O) groups excluding carboxylic acids is 1. The van der Waals surface area contributed by atoms with Gasteiger partial charge in [-0.3, -0.25) is 14.4 Å². The molecule has 0 atom stereocenters. The van der Waals surface area contributed by atoms with Gasteiger partial charge in [-0.1, -0.05) is 40.6 Å². The first-order valence-corrected chi connectivity index (χ1v) is 9.79. The number of hydrogen-bond donors (Lipinski definition) is 0. The van der Waals surface area contributed by atoms with Gasteiger partial charge in [0.1, 0.15) is 5.52 Å². The fourth-order valence-electron chi connectivity index (χ4n) is 2.69. The Morgan fingerprint density at radius 1 is 1.11 bits per heavy atom. The molecule has 136 valence electrons. The molecular formula is C19H14Cl2N4OS. The molecule has 2 aromatic heterocycles. The van der Waals surface area contributed by atoms with Gasteiger partial charge in [0.05, 0.1) is 16.3 Å². The van der Waals surface area contributed by atoms with Gasteiger partial charge >= 0.3 is 0 Å². The van der Waals surface area contributed by atoms with E-state index in [-0.39, 0.29) is 5.91 Å². The molecule has 4 rings (SSSR count). The molecule has 27 heavy (non-hydrogen) atoms. The van der Waals surface area contributed by atoms with Gasteiger partial charge in [0.25, 0.3) is 5.91 Å². The van der Waals surface area contributed by atoms with Gasteiger partial charge in [-0.15, -0.1) is 0 Å². The lowest BCUT2D eigenvalue weighted by Crippen LogP contribution is -2.34. The standard InChI is InChI=1S/C19H14Cl2N4OS/c20-14-7-5-13(6-8-14)18(26)25(12-11-24-10-2-9-22-24)19-23-17-15(21)3-1-4-16(17)27-19/h1-10H,11-12H2. The summed E-state index contributed by atoms with van der Waals surface area (Å²) >= 11 is 13.6. The highest BCUT2D eigenvalue weighted by atomic mass is 35.5. The first-order valence-electron chi connectivity index (χ1n) is 8.22. The lowest BCUT2D eigenvalue weighted by atomic mass is 10.2. The molecule has 2 heterocycles. The van der Waals surface area contributed by atoms with Crippen LogP contribution in [-0.4, -0.2) is 27.2 Å². The fourth-order valence-corrected chi connectivity index (χ4v) is 4.10. The molecule has 0 saturated carbocycles.